The molecule has 18 heavy (non-hydrogen) atoms. The van der Waals surface area contributed by atoms with Crippen LogP contribution < -0.4 is 10.5 Å². The van der Waals surface area contributed by atoms with Crippen molar-refractivity contribution in [3.05, 3.63) is 33.8 Å². The maximum Gasteiger partial charge on any atom is 0.252 e. The number of nitrogens with two attached hydrogens (primary N) is 1. The van der Waals surface area contributed by atoms with Crippen molar-refractivity contribution in [2.45, 2.75) is 13.3 Å². The molecule has 0 fully saturated rings. The third-order valence-corrected chi connectivity index (χ3v) is 3.81. The number of carbonyl (C=O) groups excluding carboxylic acids is 1. The number of halogens is 1. The molecule has 0 aliphatic rings. The van der Waals surface area contributed by atoms with E-state index in [-0.39, 0.29) is 18.2 Å². The Morgan fingerprint density at radius 1 is 1.44 bits per heavy atom. The average molecular weight is 335 g/mol. The van der Waals surface area contributed by atoms with E-state index in [1.165, 1.54) is 0 Å². The van der Waals surface area contributed by atoms with Crippen molar-refractivity contribution in [1.82, 2.24) is 5.32 Å². The second-order valence-electron chi connectivity index (χ2n) is 3.96. The first-order valence-corrected chi connectivity index (χ1v) is 7.85. The highest BCUT2D eigenvalue weighted by molar-refractivity contribution is 9.10. The minimum absolute atomic E-state index is 0.137. The summed E-state index contributed by atoms with van der Waals surface area (Å²) in [6.07, 6.45) is 0.300. The van der Waals surface area contributed by atoms with E-state index in [1.807, 2.05) is 13.0 Å². The largest absolute Gasteiger partial charge is 0.352 e. The first-order valence-electron chi connectivity index (χ1n) is 5.34. The monoisotopic (exact) mass is 334 g/mol. The summed E-state index contributed by atoms with van der Waals surface area (Å²) in [5.41, 5.74) is 1.51. The Labute approximate surface area is 115 Å². The highest BCUT2D eigenvalue weighted by Crippen LogP contribution is 2.17. The van der Waals surface area contributed by atoms with Gasteiger partial charge in [-0.2, -0.15) is 0 Å². The summed E-state index contributed by atoms with van der Waals surface area (Å²) < 4.78 is 22.1. The van der Waals surface area contributed by atoms with Crippen molar-refractivity contribution in [2.75, 3.05) is 12.3 Å². The summed E-state index contributed by atoms with van der Waals surface area (Å²) in [6.45, 7) is 2.17. The summed E-state index contributed by atoms with van der Waals surface area (Å²) in [5, 5.41) is 7.51. The van der Waals surface area contributed by atoms with E-state index in [2.05, 4.69) is 21.2 Å². The molecule has 5 nitrogen and oxygen atoms in total. The van der Waals surface area contributed by atoms with Gasteiger partial charge in [-0.3, -0.25) is 4.79 Å². The van der Waals surface area contributed by atoms with Gasteiger partial charge in [0, 0.05) is 11.0 Å². The SMILES string of the molecule is Cc1ccc(Br)c(C(=O)NCCCS(N)(=O)=O)c1. The zero-order chi connectivity index (χ0) is 13.8. The quantitative estimate of drug-likeness (QED) is 0.792. The van der Waals surface area contributed by atoms with Crippen molar-refractivity contribution in [2.24, 2.45) is 5.14 Å². The van der Waals surface area contributed by atoms with E-state index < -0.39 is 10.0 Å². The fraction of sp³-hybridized carbons (Fsp3) is 0.364. The molecule has 0 radical (unpaired) electrons. The molecule has 0 saturated carbocycles. The molecule has 0 spiro atoms. The van der Waals surface area contributed by atoms with Crippen molar-refractivity contribution in [1.29, 1.82) is 0 Å². The normalized spacial score (nSPS) is 11.3. The fourth-order valence-electron chi connectivity index (χ4n) is 1.38. The predicted octanol–water partition coefficient (Wildman–Crippen LogP) is 1.17. The molecule has 1 aromatic rings. The standard InChI is InChI=1S/C11H15BrN2O3S/c1-8-3-4-10(12)9(7-8)11(15)14-5-2-6-18(13,16)17/h3-4,7H,2,5-6H2,1H3,(H,14,15)(H2,13,16,17). The molecular formula is C11H15BrN2O3S. The Morgan fingerprint density at radius 3 is 2.72 bits per heavy atom. The molecule has 1 amide bonds. The van der Waals surface area contributed by atoms with Crippen LogP contribution in [0, 0.1) is 6.92 Å². The van der Waals surface area contributed by atoms with Gasteiger partial charge >= 0.3 is 0 Å². The molecule has 0 bridgehead atoms. The first kappa shape index (κ1) is 15.1. The minimum atomic E-state index is -3.46. The molecule has 0 aliphatic heterocycles. The second-order valence-corrected chi connectivity index (χ2v) is 6.55. The number of nitrogens with one attached hydrogen (secondary N) is 1. The van der Waals surface area contributed by atoms with E-state index in [1.54, 1.807) is 12.1 Å². The van der Waals surface area contributed by atoms with E-state index in [0.29, 0.717) is 16.5 Å². The smallest absolute Gasteiger partial charge is 0.252 e. The maximum atomic E-state index is 11.8. The van der Waals surface area contributed by atoms with Crippen LogP contribution in [0.1, 0.15) is 22.3 Å². The Hall–Kier alpha value is -0.920. The van der Waals surface area contributed by atoms with Crippen LogP contribution in [0.2, 0.25) is 0 Å². The number of hydrogen-bond acceptors (Lipinski definition) is 3. The van der Waals surface area contributed by atoms with Gasteiger partial charge in [-0.15, -0.1) is 0 Å². The van der Waals surface area contributed by atoms with E-state index in [4.69, 9.17) is 5.14 Å². The number of carbonyl (C=O) groups is 1. The van der Waals surface area contributed by atoms with Crippen LogP contribution in [0.5, 0.6) is 0 Å². The number of rotatable bonds is 5. The molecule has 0 unspecified atom stereocenters. The predicted molar refractivity (Wildman–Crippen MR) is 73.8 cm³/mol. The molecule has 0 saturated heterocycles. The molecular weight excluding hydrogens is 320 g/mol. The van der Waals surface area contributed by atoms with Crippen LogP contribution >= 0.6 is 15.9 Å². The lowest BCUT2D eigenvalue weighted by atomic mass is 10.1. The Bertz CT molecular complexity index is 543. The molecule has 100 valence electrons. The Balaban J connectivity index is 2.53. The number of benzene rings is 1. The summed E-state index contributed by atoms with van der Waals surface area (Å²) in [5.74, 6) is -0.373. The highest BCUT2D eigenvalue weighted by Gasteiger charge is 2.10. The van der Waals surface area contributed by atoms with Crippen molar-refractivity contribution in [3.8, 4) is 0 Å². The summed E-state index contributed by atoms with van der Waals surface area (Å²) in [4.78, 5) is 11.8. The van der Waals surface area contributed by atoms with Crippen LogP contribution in [-0.2, 0) is 10.0 Å². The lowest BCUT2D eigenvalue weighted by molar-refractivity contribution is 0.0953. The number of hydrogen-bond donors (Lipinski definition) is 2. The van der Waals surface area contributed by atoms with Gasteiger partial charge in [-0.05, 0) is 41.4 Å². The van der Waals surface area contributed by atoms with Crippen LogP contribution in [0.15, 0.2) is 22.7 Å². The Kier molecular flexibility index (Phi) is 5.30. The number of primary sulfonamides is 1. The van der Waals surface area contributed by atoms with Crippen molar-refractivity contribution < 1.29 is 13.2 Å². The van der Waals surface area contributed by atoms with Gasteiger partial charge in [-0.25, -0.2) is 13.6 Å². The molecule has 3 N–H and O–H groups in total. The van der Waals surface area contributed by atoms with Crippen molar-refractivity contribution >= 4 is 31.9 Å². The van der Waals surface area contributed by atoms with Gasteiger partial charge in [0.05, 0.1) is 11.3 Å². The van der Waals surface area contributed by atoms with Gasteiger partial charge in [0.15, 0.2) is 0 Å². The van der Waals surface area contributed by atoms with Crippen LogP contribution in [0.3, 0.4) is 0 Å². The zero-order valence-corrected chi connectivity index (χ0v) is 12.3. The average Bonchev–Trinajstić information content (AvgIpc) is 2.26. The lowest BCUT2D eigenvalue weighted by Gasteiger charge is -2.07. The van der Waals surface area contributed by atoms with Crippen LogP contribution in [0.25, 0.3) is 0 Å². The topological polar surface area (TPSA) is 89.3 Å². The summed E-state index contributed by atoms with van der Waals surface area (Å²) in [6, 6.07) is 5.45. The van der Waals surface area contributed by atoms with Gasteiger partial charge in [0.1, 0.15) is 0 Å². The van der Waals surface area contributed by atoms with Gasteiger partial charge in [0.25, 0.3) is 5.91 Å². The summed E-state index contributed by atoms with van der Waals surface area (Å²) >= 11 is 3.30. The third-order valence-electron chi connectivity index (χ3n) is 2.26. The van der Waals surface area contributed by atoms with Gasteiger partial charge in [-0.1, -0.05) is 11.6 Å². The molecule has 0 atom stereocenters. The van der Waals surface area contributed by atoms with E-state index in [9.17, 15) is 13.2 Å². The molecule has 1 aromatic carbocycles. The Morgan fingerprint density at radius 2 is 2.11 bits per heavy atom. The molecule has 0 heterocycles. The van der Waals surface area contributed by atoms with Crippen LogP contribution in [-0.4, -0.2) is 26.6 Å². The third kappa shape index (κ3) is 5.16. The molecule has 0 aromatic heterocycles. The molecule has 0 aliphatic carbocycles. The molecule has 7 heteroatoms. The minimum Gasteiger partial charge on any atom is -0.352 e. The fourth-order valence-corrected chi connectivity index (χ4v) is 2.36. The van der Waals surface area contributed by atoms with E-state index >= 15 is 0 Å². The van der Waals surface area contributed by atoms with Gasteiger partial charge in [0.2, 0.25) is 10.0 Å². The number of amides is 1. The number of aryl methyl sites for hydroxylation is 1. The van der Waals surface area contributed by atoms with Crippen LogP contribution in [0.4, 0.5) is 0 Å². The molecule has 1 rings (SSSR count). The maximum absolute atomic E-state index is 11.8. The first-order chi connectivity index (χ1) is 8.29. The van der Waals surface area contributed by atoms with E-state index in [0.717, 1.165) is 5.56 Å². The highest BCUT2D eigenvalue weighted by atomic mass is 79.9. The van der Waals surface area contributed by atoms with Gasteiger partial charge < -0.3 is 5.32 Å². The number of sulfonamides is 1. The summed E-state index contributed by atoms with van der Waals surface area (Å²) in [7, 11) is -3.46. The second kappa shape index (κ2) is 6.31. The zero-order valence-electron chi connectivity index (χ0n) is 9.94. The lowest BCUT2D eigenvalue weighted by Crippen LogP contribution is -2.27. The van der Waals surface area contributed by atoms with Crippen molar-refractivity contribution in [3.63, 3.8) is 0 Å².